The van der Waals surface area contributed by atoms with Gasteiger partial charge < -0.3 is 9.38 Å². The third-order valence-electron chi connectivity index (χ3n) is 5.31. The molecule has 0 saturated heterocycles. The van der Waals surface area contributed by atoms with Crippen molar-refractivity contribution >= 4 is 0 Å². The summed E-state index contributed by atoms with van der Waals surface area (Å²) in [6.45, 7) is 9.79. The summed E-state index contributed by atoms with van der Waals surface area (Å²) >= 11 is 0. The molecule has 0 bridgehead atoms. The molecule has 0 aromatic heterocycles. The third kappa shape index (κ3) is 16.8. The number of quaternary nitrogens is 1. The van der Waals surface area contributed by atoms with E-state index in [1.807, 2.05) is 0 Å². The van der Waals surface area contributed by atoms with Crippen LogP contribution in [0.4, 0.5) is 0 Å². The Labute approximate surface area is 154 Å². The van der Waals surface area contributed by atoms with Gasteiger partial charge in [0.25, 0.3) is 0 Å². The molecule has 0 aromatic rings. The Kier molecular flexibility index (Phi) is 16.3. The first kappa shape index (κ1) is 23.9. The van der Waals surface area contributed by atoms with Gasteiger partial charge in [-0.1, -0.05) is 71.6 Å². The summed E-state index contributed by atoms with van der Waals surface area (Å²) in [4.78, 5) is 2.50. The standard InChI is InChI=1S/C22H49N2/c1-6-8-10-11-12-13-14-15-16-17-21-24(4,5)22-18-20-23(3)19-9-7-2/h6-22H2,1-5H3/q+1. The number of hydrogen-bond acceptors (Lipinski definition) is 1. The van der Waals surface area contributed by atoms with E-state index >= 15 is 0 Å². The summed E-state index contributed by atoms with van der Waals surface area (Å²) in [5.41, 5.74) is 0. The van der Waals surface area contributed by atoms with E-state index in [0.29, 0.717) is 0 Å². The molecule has 0 N–H and O–H groups in total. The maximum absolute atomic E-state index is 2.50. The topological polar surface area (TPSA) is 3.24 Å². The van der Waals surface area contributed by atoms with Crippen molar-refractivity contribution in [1.82, 2.24) is 4.90 Å². The van der Waals surface area contributed by atoms with Gasteiger partial charge in [0.2, 0.25) is 0 Å². The van der Waals surface area contributed by atoms with E-state index in [4.69, 9.17) is 0 Å². The Morgan fingerprint density at radius 3 is 1.50 bits per heavy atom. The van der Waals surface area contributed by atoms with Crippen molar-refractivity contribution in [2.75, 3.05) is 47.3 Å². The molecule has 0 amide bonds. The molecular formula is C22H49N2+. The molecule has 0 atom stereocenters. The van der Waals surface area contributed by atoms with Gasteiger partial charge in [-0.25, -0.2) is 0 Å². The quantitative estimate of drug-likeness (QED) is 0.215. The summed E-state index contributed by atoms with van der Waals surface area (Å²) in [7, 11) is 7.11. The fourth-order valence-electron chi connectivity index (χ4n) is 3.45. The molecule has 0 aliphatic rings. The predicted molar refractivity (Wildman–Crippen MR) is 111 cm³/mol. The summed E-state index contributed by atoms with van der Waals surface area (Å²) < 4.78 is 1.21. The van der Waals surface area contributed by atoms with Gasteiger partial charge in [0, 0.05) is 13.0 Å². The molecule has 0 aliphatic heterocycles. The molecule has 2 heteroatoms. The molecular weight excluding hydrogens is 292 g/mol. The van der Waals surface area contributed by atoms with E-state index in [-0.39, 0.29) is 0 Å². The largest absolute Gasteiger partial charge is 0.328 e. The number of unbranched alkanes of at least 4 members (excludes halogenated alkanes) is 10. The van der Waals surface area contributed by atoms with Gasteiger partial charge in [-0.15, -0.1) is 0 Å². The van der Waals surface area contributed by atoms with Crippen molar-refractivity contribution in [3.8, 4) is 0 Å². The minimum Gasteiger partial charge on any atom is -0.328 e. The van der Waals surface area contributed by atoms with Gasteiger partial charge >= 0.3 is 0 Å². The maximum Gasteiger partial charge on any atom is 0.0794 e. The minimum atomic E-state index is 1.21. The molecule has 2 nitrogen and oxygen atoms in total. The molecule has 0 unspecified atom stereocenters. The second-order valence-electron chi connectivity index (χ2n) is 8.58. The molecule has 146 valence electrons. The first-order valence-electron chi connectivity index (χ1n) is 11.0. The smallest absolute Gasteiger partial charge is 0.0794 e. The van der Waals surface area contributed by atoms with E-state index < -0.39 is 0 Å². The highest BCUT2D eigenvalue weighted by molar-refractivity contribution is 4.52. The third-order valence-corrected chi connectivity index (χ3v) is 5.31. The Morgan fingerprint density at radius 1 is 0.542 bits per heavy atom. The van der Waals surface area contributed by atoms with Crippen LogP contribution in [-0.2, 0) is 0 Å². The highest BCUT2D eigenvalue weighted by Crippen LogP contribution is 2.12. The Hall–Kier alpha value is -0.0800. The molecule has 0 rings (SSSR count). The number of rotatable bonds is 18. The second kappa shape index (κ2) is 16.4. The molecule has 0 spiro atoms. The van der Waals surface area contributed by atoms with Crippen LogP contribution in [0.25, 0.3) is 0 Å². The molecule has 24 heavy (non-hydrogen) atoms. The van der Waals surface area contributed by atoms with Crippen LogP contribution < -0.4 is 0 Å². The summed E-state index contributed by atoms with van der Waals surface area (Å²) in [5, 5.41) is 0. The molecule has 0 heterocycles. The van der Waals surface area contributed by atoms with Crippen LogP contribution in [0.5, 0.6) is 0 Å². The van der Waals surface area contributed by atoms with Crippen LogP contribution in [0.15, 0.2) is 0 Å². The summed E-state index contributed by atoms with van der Waals surface area (Å²) in [6, 6.07) is 0. The monoisotopic (exact) mass is 341 g/mol. The maximum atomic E-state index is 2.50. The molecule has 0 aliphatic carbocycles. The number of nitrogens with zero attached hydrogens (tertiary/aromatic N) is 2. The van der Waals surface area contributed by atoms with E-state index in [2.05, 4.69) is 39.9 Å². The summed E-state index contributed by atoms with van der Waals surface area (Å²) in [6.07, 6.45) is 18.4. The van der Waals surface area contributed by atoms with E-state index in [0.717, 1.165) is 0 Å². The fourth-order valence-corrected chi connectivity index (χ4v) is 3.45. The van der Waals surface area contributed by atoms with Crippen molar-refractivity contribution in [3.05, 3.63) is 0 Å². The lowest BCUT2D eigenvalue weighted by atomic mass is 10.1. The van der Waals surface area contributed by atoms with Gasteiger partial charge in [-0.3, -0.25) is 0 Å². The van der Waals surface area contributed by atoms with Crippen molar-refractivity contribution in [1.29, 1.82) is 0 Å². The SMILES string of the molecule is CCCCCCCCCCCC[N+](C)(C)CCCN(C)CCCC. The van der Waals surface area contributed by atoms with Crippen LogP contribution in [0.3, 0.4) is 0 Å². The van der Waals surface area contributed by atoms with Crippen LogP contribution in [0.1, 0.15) is 97.3 Å². The lowest BCUT2D eigenvalue weighted by Crippen LogP contribution is -2.42. The predicted octanol–water partition coefficient (Wildman–Crippen LogP) is 6.11. The lowest BCUT2D eigenvalue weighted by Gasteiger charge is -2.30. The highest BCUT2D eigenvalue weighted by Gasteiger charge is 2.14. The van der Waals surface area contributed by atoms with E-state index in [1.54, 1.807) is 0 Å². The second-order valence-corrected chi connectivity index (χ2v) is 8.58. The zero-order valence-electron chi connectivity index (χ0n) is 17.9. The Balaban J connectivity index is 3.43. The van der Waals surface area contributed by atoms with Crippen molar-refractivity contribution in [2.24, 2.45) is 0 Å². The van der Waals surface area contributed by atoms with Crippen molar-refractivity contribution < 1.29 is 4.48 Å². The van der Waals surface area contributed by atoms with Crippen LogP contribution in [-0.4, -0.2) is 56.7 Å². The average Bonchev–Trinajstić information content (AvgIpc) is 2.54. The molecule has 0 fully saturated rings. The van der Waals surface area contributed by atoms with Gasteiger partial charge in [-0.2, -0.15) is 0 Å². The molecule has 0 radical (unpaired) electrons. The molecule has 0 aromatic carbocycles. The van der Waals surface area contributed by atoms with E-state index in [1.165, 1.54) is 114 Å². The average molecular weight is 342 g/mol. The highest BCUT2D eigenvalue weighted by atomic mass is 15.3. The van der Waals surface area contributed by atoms with Gasteiger partial charge in [0.15, 0.2) is 0 Å². The molecule has 0 saturated carbocycles. The zero-order chi connectivity index (χ0) is 18.1. The lowest BCUT2D eigenvalue weighted by molar-refractivity contribution is -0.890. The van der Waals surface area contributed by atoms with E-state index in [9.17, 15) is 0 Å². The Morgan fingerprint density at radius 2 is 0.958 bits per heavy atom. The first-order chi connectivity index (χ1) is 11.5. The van der Waals surface area contributed by atoms with Gasteiger partial charge in [0.1, 0.15) is 0 Å². The van der Waals surface area contributed by atoms with Crippen LogP contribution in [0.2, 0.25) is 0 Å². The van der Waals surface area contributed by atoms with Crippen LogP contribution in [0, 0.1) is 0 Å². The fraction of sp³-hybridized carbons (Fsp3) is 1.00. The first-order valence-corrected chi connectivity index (χ1v) is 11.0. The van der Waals surface area contributed by atoms with Gasteiger partial charge in [0.05, 0.1) is 27.2 Å². The zero-order valence-corrected chi connectivity index (χ0v) is 17.9. The van der Waals surface area contributed by atoms with Gasteiger partial charge in [-0.05, 0) is 32.9 Å². The van der Waals surface area contributed by atoms with Crippen LogP contribution >= 0.6 is 0 Å². The normalized spacial score (nSPS) is 12.2. The number of hydrogen-bond donors (Lipinski definition) is 0. The summed E-state index contributed by atoms with van der Waals surface area (Å²) in [5.74, 6) is 0. The van der Waals surface area contributed by atoms with Crippen molar-refractivity contribution in [3.63, 3.8) is 0 Å². The van der Waals surface area contributed by atoms with Crippen molar-refractivity contribution in [2.45, 2.75) is 97.3 Å². The minimum absolute atomic E-state index is 1.21. The Bertz CT molecular complexity index is 250.